The first-order valence-corrected chi connectivity index (χ1v) is 7.57. The van der Waals surface area contributed by atoms with E-state index in [9.17, 15) is 0 Å². The molecule has 0 fully saturated rings. The Kier molecular flexibility index (Phi) is 5.04. The normalized spacial score (nSPS) is 12.2. The molecule has 0 aliphatic rings. The molecule has 0 bridgehead atoms. The van der Waals surface area contributed by atoms with E-state index < -0.39 is 0 Å². The maximum Gasteiger partial charge on any atom is 0.122 e. The molecule has 0 saturated carbocycles. The smallest absolute Gasteiger partial charge is 0.122 e. The van der Waals surface area contributed by atoms with Crippen LogP contribution in [0.3, 0.4) is 0 Å². The maximum atomic E-state index is 5.37. The van der Waals surface area contributed by atoms with Crippen molar-refractivity contribution in [2.45, 2.75) is 19.9 Å². The fraction of sp³-hybridized carbons (Fsp3) is 0.375. The van der Waals surface area contributed by atoms with Gasteiger partial charge in [0.25, 0.3) is 0 Å². The minimum absolute atomic E-state index is 0.162. The number of hydrogen-bond donors (Lipinski definition) is 1. The summed E-state index contributed by atoms with van der Waals surface area (Å²) in [5.74, 6) is 1.63. The Morgan fingerprint density at radius 2 is 1.80 bits per heavy atom. The van der Waals surface area contributed by atoms with E-state index in [4.69, 9.17) is 9.47 Å². The number of aryl methyl sites for hydroxylation is 1. The summed E-state index contributed by atoms with van der Waals surface area (Å²) >= 11 is 1.77. The highest BCUT2D eigenvalue weighted by atomic mass is 32.1. The van der Waals surface area contributed by atoms with Crippen molar-refractivity contribution in [2.24, 2.45) is 0 Å². The number of hydrogen-bond acceptors (Lipinski definition) is 4. The van der Waals surface area contributed by atoms with Crippen LogP contribution >= 0.6 is 11.3 Å². The van der Waals surface area contributed by atoms with Crippen molar-refractivity contribution in [3.63, 3.8) is 0 Å². The standard InChI is InChI=1S/C16H21NO2S/c1-5-17-16(15-6-7-20-11(15)2)12-8-13(18-3)10-14(9-12)19-4/h6-10,16-17H,5H2,1-4H3. The maximum absolute atomic E-state index is 5.37. The van der Waals surface area contributed by atoms with Gasteiger partial charge in [-0.3, -0.25) is 0 Å². The minimum atomic E-state index is 0.162. The summed E-state index contributed by atoms with van der Waals surface area (Å²) in [6.07, 6.45) is 0. The van der Waals surface area contributed by atoms with Crippen LogP contribution in [-0.2, 0) is 0 Å². The van der Waals surface area contributed by atoms with E-state index >= 15 is 0 Å². The Balaban J connectivity index is 2.46. The zero-order chi connectivity index (χ0) is 14.5. The second-order valence-corrected chi connectivity index (χ2v) is 5.69. The lowest BCUT2D eigenvalue weighted by molar-refractivity contribution is 0.392. The summed E-state index contributed by atoms with van der Waals surface area (Å²) in [4.78, 5) is 1.33. The van der Waals surface area contributed by atoms with Gasteiger partial charge in [-0.1, -0.05) is 6.92 Å². The largest absolute Gasteiger partial charge is 0.497 e. The Labute approximate surface area is 124 Å². The third-order valence-electron chi connectivity index (χ3n) is 3.33. The summed E-state index contributed by atoms with van der Waals surface area (Å²) in [6, 6.07) is 8.36. The summed E-state index contributed by atoms with van der Waals surface area (Å²) in [7, 11) is 3.35. The first-order valence-electron chi connectivity index (χ1n) is 6.70. The van der Waals surface area contributed by atoms with Crippen LogP contribution in [0, 0.1) is 6.92 Å². The number of benzene rings is 1. The van der Waals surface area contributed by atoms with Crippen molar-refractivity contribution in [3.8, 4) is 11.5 Å². The van der Waals surface area contributed by atoms with Crippen LogP contribution in [0.1, 0.15) is 29.0 Å². The molecule has 0 spiro atoms. The van der Waals surface area contributed by atoms with Crippen molar-refractivity contribution in [1.29, 1.82) is 0 Å². The monoisotopic (exact) mass is 291 g/mol. The highest BCUT2D eigenvalue weighted by Gasteiger charge is 2.17. The Morgan fingerprint density at radius 1 is 1.15 bits per heavy atom. The minimum Gasteiger partial charge on any atom is -0.497 e. The lowest BCUT2D eigenvalue weighted by Gasteiger charge is -2.20. The van der Waals surface area contributed by atoms with E-state index in [-0.39, 0.29) is 6.04 Å². The average Bonchev–Trinajstić information content (AvgIpc) is 2.90. The topological polar surface area (TPSA) is 30.5 Å². The molecule has 0 amide bonds. The Hall–Kier alpha value is -1.52. The fourth-order valence-corrected chi connectivity index (χ4v) is 3.04. The van der Waals surface area contributed by atoms with Crippen LogP contribution in [0.4, 0.5) is 0 Å². The number of ether oxygens (including phenoxy) is 2. The van der Waals surface area contributed by atoms with Gasteiger partial charge in [0.2, 0.25) is 0 Å². The van der Waals surface area contributed by atoms with Gasteiger partial charge < -0.3 is 14.8 Å². The van der Waals surface area contributed by atoms with Gasteiger partial charge in [-0.25, -0.2) is 0 Å². The van der Waals surface area contributed by atoms with Gasteiger partial charge in [-0.05, 0) is 48.2 Å². The summed E-state index contributed by atoms with van der Waals surface area (Å²) in [6.45, 7) is 5.17. The zero-order valence-corrected chi connectivity index (χ0v) is 13.2. The molecule has 0 radical (unpaired) electrons. The van der Waals surface area contributed by atoms with E-state index in [0.717, 1.165) is 23.6 Å². The highest BCUT2D eigenvalue weighted by Crippen LogP contribution is 2.32. The van der Waals surface area contributed by atoms with Crippen molar-refractivity contribution < 1.29 is 9.47 Å². The number of nitrogens with one attached hydrogen (secondary N) is 1. The molecule has 1 aromatic heterocycles. The van der Waals surface area contributed by atoms with Gasteiger partial charge >= 0.3 is 0 Å². The third-order valence-corrected chi connectivity index (χ3v) is 4.19. The lowest BCUT2D eigenvalue weighted by Crippen LogP contribution is -2.22. The molecule has 20 heavy (non-hydrogen) atoms. The average molecular weight is 291 g/mol. The molecule has 1 atom stereocenters. The van der Waals surface area contributed by atoms with Crippen molar-refractivity contribution in [3.05, 3.63) is 45.6 Å². The van der Waals surface area contributed by atoms with Gasteiger partial charge in [0.15, 0.2) is 0 Å². The quantitative estimate of drug-likeness (QED) is 0.878. The van der Waals surface area contributed by atoms with Gasteiger partial charge in [0.1, 0.15) is 11.5 Å². The molecule has 3 nitrogen and oxygen atoms in total. The zero-order valence-electron chi connectivity index (χ0n) is 12.4. The molecule has 0 aliphatic carbocycles. The molecule has 1 aromatic carbocycles. The lowest BCUT2D eigenvalue weighted by atomic mass is 9.99. The fourth-order valence-electron chi connectivity index (χ4n) is 2.30. The van der Waals surface area contributed by atoms with Crippen LogP contribution in [0.25, 0.3) is 0 Å². The predicted octanol–water partition coefficient (Wildman–Crippen LogP) is 3.77. The molecule has 0 saturated heterocycles. The molecule has 108 valence electrons. The summed E-state index contributed by atoms with van der Waals surface area (Å²) < 4.78 is 10.7. The third kappa shape index (κ3) is 3.14. The highest BCUT2D eigenvalue weighted by molar-refractivity contribution is 7.10. The number of thiophene rings is 1. The van der Waals surface area contributed by atoms with Crippen LogP contribution in [0.5, 0.6) is 11.5 Å². The van der Waals surface area contributed by atoms with Crippen LogP contribution in [0.2, 0.25) is 0 Å². The molecular formula is C16H21NO2S. The second kappa shape index (κ2) is 6.77. The first kappa shape index (κ1) is 14.9. The molecular weight excluding hydrogens is 270 g/mol. The van der Waals surface area contributed by atoms with Gasteiger partial charge in [0.05, 0.1) is 20.3 Å². The van der Waals surface area contributed by atoms with Crippen LogP contribution in [0.15, 0.2) is 29.6 Å². The molecule has 1 N–H and O–H groups in total. The second-order valence-electron chi connectivity index (χ2n) is 4.57. The number of rotatable bonds is 6. The van der Waals surface area contributed by atoms with E-state index in [1.54, 1.807) is 25.6 Å². The summed E-state index contributed by atoms with van der Waals surface area (Å²) in [5.41, 5.74) is 2.47. The van der Waals surface area contributed by atoms with E-state index in [0.29, 0.717) is 0 Å². The number of methoxy groups -OCH3 is 2. The van der Waals surface area contributed by atoms with E-state index in [2.05, 4.69) is 42.7 Å². The van der Waals surface area contributed by atoms with Crippen molar-refractivity contribution >= 4 is 11.3 Å². The molecule has 2 aromatic rings. The molecule has 4 heteroatoms. The van der Waals surface area contributed by atoms with Crippen LogP contribution < -0.4 is 14.8 Å². The van der Waals surface area contributed by atoms with Gasteiger partial charge in [-0.2, -0.15) is 0 Å². The predicted molar refractivity (Wildman–Crippen MR) is 84.1 cm³/mol. The SMILES string of the molecule is CCNC(c1cc(OC)cc(OC)c1)c1ccsc1C. The Bertz CT molecular complexity index is 543. The molecule has 1 unspecified atom stereocenters. The molecule has 1 heterocycles. The van der Waals surface area contributed by atoms with Gasteiger partial charge in [-0.15, -0.1) is 11.3 Å². The molecule has 0 aliphatic heterocycles. The van der Waals surface area contributed by atoms with Crippen molar-refractivity contribution in [2.75, 3.05) is 20.8 Å². The van der Waals surface area contributed by atoms with E-state index in [1.807, 2.05) is 6.07 Å². The van der Waals surface area contributed by atoms with Gasteiger partial charge in [0, 0.05) is 10.9 Å². The Morgan fingerprint density at radius 3 is 2.25 bits per heavy atom. The van der Waals surface area contributed by atoms with Crippen molar-refractivity contribution in [1.82, 2.24) is 5.32 Å². The van der Waals surface area contributed by atoms with Crippen LogP contribution in [-0.4, -0.2) is 20.8 Å². The summed E-state index contributed by atoms with van der Waals surface area (Å²) in [5, 5.41) is 5.67. The molecule has 2 rings (SSSR count). The first-order chi connectivity index (χ1) is 9.69. The van der Waals surface area contributed by atoms with E-state index in [1.165, 1.54) is 10.4 Å².